The van der Waals surface area contributed by atoms with Gasteiger partial charge in [-0.05, 0) is 65.3 Å². The Morgan fingerprint density at radius 1 is 0.933 bits per heavy atom. The molecule has 2 heteroatoms. The van der Waals surface area contributed by atoms with Crippen molar-refractivity contribution in [2.75, 3.05) is 33.2 Å². The third kappa shape index (κ3) is 3.46. The van der Waals surface area contributed by atoms with Crippen molar-refractivity contribution in [1.29, 1.82) is 0 Å². The second kappa shape index (κ2) is 5.86. The van der Waals surface area contributed by atoms with Crippen LogP contribution in [0.25, 0.3) is 0 Å². The quantitative estimate of drug-likeness (QED) is 0.705. The lowest BCUT2D eigenvalue weighted by Crippen LogP contribution is -2.40. The maximum atomic E-state index is 2.67. The van der Waals surface area contributed by atoms with E-state index in [1.54, 1.807) is 0 Å². The van der Waals surface area contributed by atoms with Crippen LogP contribution in [0, 0.1) is 0 Å². The summed E-state index contributed by atoms with van der Waals surface area (Å²) in [7, 11) is 2.31. The molecule has 0 aromatic carbocycles. The molecule has 2 aliphatic heterocycles. The van der Waals surface area contributed by atoms with Gasteiger partial charge in [-0.2, -0.15) is 0 Å². The minimum atomic E-state index is 0.876. The fourth-order valence-electron chi connectivity index (χ4n) is 3.02. The maximum Gasteiger partial charge on any atom is 0.0104 e. The van der Waals surface area contributed by atoms with Crippen molar-refractivity contribution in [2.24, 2.45) is 0 Å². The van der Waals surface area contributed by atoms with Crippen LogP contribution in [-0.4, -0.2) is 49.1 Å². The summed E-state index contributed by atoms with van der Waals surface area (Å²) in [5, 5.41) is 0. The Bertz CT molecular complexity index is 175. The van der Waals surface area contributed by atoms with E-state index >= 15 is 0 Å². The van der Waals surface area contributed by atoms with E-state index in [2.05, 4.69) is 16.8 Å². The Labute approximate surface area is 94.6 Å². The SMILES string of the molecule is CN1CCCC[C@@H]1CCN1CCCCC1. The monoisotopic (exact) mass is 210 g/mol. The van der Waals surface area contributed by atoms with Gasteiger partial charge in [0.05, 0.1) is 0 Å². The Morgan fingerprint density at radius 2 is 1.67 bits per heavy atom. The van der Waals surface area contributed by atoms with Gasteiger partial charge in [0.2, 0.25) is 0 Å². The van der Waals surface area contributed by atoms with E-state index in [1.807, 2.05) is 0 Å². The van der Waals surface area contributed by atoms with E-state index in [0.29, 0.717) is 0 Å². The lowest BCUT2D eigenvalue weighted by molar-refractivity contribution is 0.145. The van der Waals surface area contributed by atoms with Crippen LogP contribution in [0.5, 0.6) is 0 Å². The van der Waals surface area contributed by atoms with Gasteiger partial charge in [-0.1, -0.05) is 12.8 Å². The van der Waals surface area contributed by atoms with Crippen molar-refractivity contribution in [2.45, 2.75) is 51.0 Å². The molecule has 0 spiro atoms. The topological polar surface area (TPSA) is 6.48 Å². The third-order valence-corrected chi connectivity index (χ3v) is 4.15. The summed E-state index contributed by atoms with van der Waals surface area (Å²) in [6.07, 6.45) is 10.0. The van der Waals surface area contributed by atoms with Crippen molar-refractivity contribution in [1.82, 2.24) is 9.80 Å². The molecular weight excluding hydrogens is 184 g/mol. The minimum Gasteiger partial charge on any atom is -0.303 e. The van der Waals surface area contributed by atoms with Crippen LogP contribution in [0.15, 0.2) is 0 Å². The van der Waals surface area contributed by atoms with Crippen LogP contribution in [0.2, 0.25) is 0 Å². The van der Waals surface area contributed by atoms with Gasteiger partial charge >= 0.3 is 0 Å². The highest BCUT2D eigenvalue weighted by molar-refractivity contribution is 4.76. The Balaban J connectivity index is 1.67. The lowest BCUT2D eigenvalue weighted by atomic mass is 9.99. The average molecular weight is 210 g/mol. The van der Waals surface area contributed by atoms with E-state index in [-0.39, 0.29) is 0 Å². The van der Waals surface area contributed by atoms with Crippen LogP contribution in [0.3, 0.4) is 0 Å². The van der Waals surface area contributed by atoms with E-state index in [9.17, 15) is 0 Å². The molecule has 1 atom stereocenters. The van der Waals surface area contributed by atoms with Gasteiger partial charge in [0.15, 0.2) is 0 Å². The number of hydrogen-bond acceptors (Lipinski definition) is 2. The molecule has 15 heavy (non-hydrogen) atoms. The summed E-state index contributed by atoms with van der Waals surface area (Å²) in [4.78, 5) is 5.25. The maximum absolute atomic E-state index is 2.67. The van der Waals surface area contributed by atoms with Gasteiger partial charge in [-0.25, -0.2) is 0 Å². The molecule has 2 nitrogen and oxygen atoms in total. The van der Waals surface area contributed by atoms with Crippen molar-refractivity contribution in [3.05, 3.63) is 0 Å². The van der Waals surface area contributed by atoms with Gasteiger partial charge in [0.1, 0.15) is 0 Å². The first-order valence-corrected chi connectivity index (χ1v) is 6.79. The summed E-state index contributed by atoms with van der Waals surface area (Å²) >= 11 is 0. The molecule has 88 valence electrons. The number of likely N-dealkylation sites (tertiary alicyclic amines) is 2. The smallest absolute Gasteiger partial charge is 0.0104 e. The minimum absolute atomic E-state index is 0.876. The zero-order valence-corrected chi connectivity index (χ0v) is 10.2. The van der Waals surface area contributed by atoms with Crippen LogP contribution in [0.4, 0.5) is 0 Å². The van der Waals surface area contributed by atoms with Crippen molar-refractivity contribution < 1.29 is 0 Å². The van der Waals surface area contributed by atoms with Crippen LogP contribution in [0.1, 0.15) is 44.9 Å². The molecule has 0 amide bonds. The third-order valence-electron chi connectivity index (χ3n) is 4.15. The van der Waals surface area contributed by atoms with Crippen molar-refractivity contribution in [3.63, 3.8) is 0 Å². The van der Waals surface area contributed by atoms with Gasteiger partial charge < -0.3 is 9.80 Å². The van der Waals surface area contributed by atoms with E-state index in [1.165, 1.54) is 71.1 Å². The Kier molecular flexibility index (Phi) is 4.45. The molecule has 0 aromatic rings. The fraction of sp³-hybridized carbons (Fsp3) is 1.00. The first kappa shape index (κ1) is 11.4. The standard InChI is InChI=1S/C13H26N2/c1-14-9-6-3-7-13(14)8-12-15-10-4-2-5-11-15/h13H,2-12H2,1H3/t13-/m1/s1. The molecular formula is C13H26N2. The lowest BCUT2D eigenvalue weighted by Gasteiger charge is -2.35. The normalized spacial score (nSPS) is 30.6. The Morgan fingerprint density at radius 3 is 2.40 bits per heavy atom. The number of hydrogen-bond donors (Lipinski definition) is 0. The summed E-state index contributed by atoms with van der Waals surface area (Å²) in [6.45, 7) is 5.38. The molecule has 0 aliphatic carbocycles. The van der Waals surface area contributed by atoms with Crippen molar-refractivity contribution in [3.8, 4) is 0 Å². The first-order chi connectivity index (χ1) is 7.36. The largest absolute Gasteiger partial charge is 0.303 e. The number of nitrogens with zero attached hydrogens (tertiary/aromatic N) is 2. The molecule has 2 fully saturated rings. The highest BCUT2D eigenvalue weighted by atomic mass is 15.2. The van der Waals surface area contributed by atoms with Gasteiger partial charge in [-0.3, -0.25) is 0 Å². The average Bonchev–Trinajstić information content (AvgIpc) is 2.29. The Hall–Kier alpha value is -0.0800. The number of piperidine rings is 2. The second-order valence-electron chi connectivity index (χ2n) is 5.32. The van der Waals surface area contributed by atoms with Crippen LogP contribution in [-0.2, 0) is 0 Å². The number of rotatable bonds is 3. The first-order valence-electron chi connectivity index (χ1n) is 6.79. The van der Waals surface area contributed by atoms with E-state index in [4.69, 9.17) is 0 Å². The molecule has 0 bridgehead atoms. The molecule has 2 rings (SSSR count). The van der Waals surface area contributed by atoms with Crippen LogP contribution >= 0.6 is 0 Å². The molecule has 0 aromatic heterocycles. The van der Waals surface area contributed by atoms with Crippen molar-refractivity contribution >= 4 is 0 Å². The fourth-order valence-corrected chi connectivity index (χ4v) is 3.02. The molecule has 0 N–H and O–H groups in total. The van der Waals surface area contributed by atoms with E-state index < -0.39 is 0 Å². The van der Waals surface area contributed by atoms with Gasteiger partial charge in [0.25, 0.3) is 0 Å². The van der Waals surface area contributed by atoms with Gasteiger partial charge in [-0.15, -0.1) is 0 Å². The van der Waals surface area contributed by atoms with E-state index in [0.717, 1.165) is 6.04 Å². The molecule has 0 unspecified atom stereocenters. The molecule has 2 aliphatic rings. The van der Waals surface area contributed by atoms with Crippen LogP contribution < -0.4 is 0 Å². The summed E-state index contributed by atoms with van der Waals surface area (Å²) < 4.78 is 0. The highest BCUT2D eigenvalue weighted by Gasteiger charge is 2.19. The molecule has 2 saturated heterocycles. The zero-order chi connectivity index (χ0) is 10.5. The highest BCUT2D eigenvalue weighted by Crippen LogP contribution is 2.19. The summed E-state index contributed by atoms with van der Waals surface area (Å²) in [5.41, 5.74) is 0. The molecule has 0 saturated carbocycles. The predicted molar refractivity (Wildman–Crippen MR) is 65.2 cm³/mol. The molecule has 0 radical (unpaired) electrons. The predicted octanol–water partition coefficient (Wildman–Crippen LogP) is 2.35. The second-order valence-corrected chi connectivity index (χ2v) is 5.32. The zero-order valence-electron chi connectivity index (χ0n) is 10.2. The molecule has 2 heterocycles. The summed E-state index contributed by atoms with van der Waals surface area (Å²) in [6, 6.07) is 0.876. The van der Waals surface area contributed by atoms with Gasteiger partial charge in [0, 0.05) is 6.04 Å². The summed E-state index contributed by atoms with van der Waals surface area (Å²) in [5.74, 6) is 0.